The van der Waals surface area contributed by atoms with Crippen molar-refractivity contribution < 1.29 is 24.4 Å². The molecule has 0 radical (unpaired) electrons. The molecule has 0 saturated carbocycles. The molecular weight excluding hydrogens is 403 g/mol. The summed E-state index contributed by atoms with van der Waals surface area (Å²) in [5.74, 6) is 0. The molecule has 1 fully saturated rings. The van der Waals surface area contributed by atoms with Crippen molar-refractivity contribution in [3.63, 3.8) is 0 Å². The van der Waals surface area contributed by atoms with Crippen LogP contribution in [0.25, 0.3) is 10.1 Å². The first-order valence-electron chi connectivity index (χ1n) is 9.00. The Balaban J connectivity index is 1.70. The quantitative estimate of drug-likeness (QED) is 0.600. The number of ether oxygens (including phenoxy) is 1. The summed E-state index contributed by atoms with van der Waals surface area (Å²) in [6.07, 6.45) is -6.53. The van der Waals surface area contributed by atoms with Crippen molar-refractivity contribution in [2.24, 2.45) is 0 Å². The first-order valence-corrected chi connectivity index (χ1v) is 10.2. The predicted octanol–water partition coefficient (Wildman–Crippen LogP) is 3.64. The topological polar surface area (TPSA) is 69.9 Å². The number of fused-ring (bicyclic) bond motifs is 1. The predicted molar refractivity (Wildman–Crippen MR) is 108 cm³/mol. The molecule has 0 aliphatic carbocycles. The monoisotopic (exact) mass is 422 g/mol. The Morgan fingerprint density at radius 2 is 1.86 bits per heavy atom. The van der Waals surface area contributed by atoms with Gasteiger partial charge in [0.2, 0.25) is 0 Å². The number of rotatable bonds is 4. The van der Waals surface area contributed by atoms with Crippen molar-refractivity contribution in [3.05, 3.63) is 69.6 Å². The minimum atomic E-state index is -1.85. The van der Waals surface area contributed by atoms with E-state index < -0.39 is 37.2 Å². The number of thiophene rings is 1. The van der Waals surface area contributed by atoms with E-state index in [1.807, 2.05) is 18.2 Å². The van der Waals surface area contributed by atoms with E-state index in [2.05, 4.69) is 12.1 Å². The number of benzene rings is 2. The van der Waals surface area contributed by atoms with E-state index in [4.69, 9.17) is 16.3 Å². The molecular formula is C21H20ClFO4S. The molecule has 1 aliphatic rings. The zero-order chi connectivity index (χ0) is 19.8. The lowest BCUT2D eigenvalue weighted by Gasteiger charge is -2.39. The maximum atomic E-state index is 14.1. The van der Waals surface area contributed by atoms with Gasteiger partial charge in [-0.3, -0.25) is 0 Å². The van der Waals surface area contributed by atoms with Crippen LogP contribution in [-0.4, -0.2) is 46.4 Å². The van der Waals surface area contributed by atoms with Gasteiger partial charge < -0.3 is 20.1 Å². The van der Waals surface area contributed by atoms with E-state index in [0.717, 1.165) is 15.8 Å². The summed E-state index contributed by atoms with van der Waals surface area (Å²) < 4.78 is 20.9. The van der Waals surface area contributed by atoms with E-state index in [1.54, 1.807) is 29.5 Å². The molecule has 1 aromatic heterocycles. The zero-order valence-corrected chi connectivity index (χ0v) is 16.4. The highest BCUT2D eigenvalue weighted by molar-refractivity contribution is 7.19. The summed E-state index contributed by atoms with van der Waals surface area (Å²) in [5, 5.41) is 31.6. The fourth-order valence-electron chi connectivity index (χ4n) is 3.65. The number of hydrogen-bond donors (Lipinski definition) is 3. The minimum Gasteiger partial charge on any atom is -0.394 e. The summed E-state index contributed by atoms with van der Waals surface area (Å²) >= 11 is 7.86. The highest BCUT2D eigenvalue weighted by Gasteiger charge is 2.45. The molecule has 0 amide bonds. The number of hydrogen-bond acceptors (Lipinski definition) is 5. The molecule has 5 atom stereocenters. The van der Waals surface area contributed by atoms with E-state index in [-0.39, 0.29) is 0 Å². The van der Waals surface area contributed by atoms with Crippen LogP contribution in [0.15, 0.2) is 48.5 Å². The fourth-order valence-corrected chi connectivity index (χ4v) is 4.93. The summed E-state index contributed by atoms with van der Waals surface area (Å²) in [6.45, 7) is -0.583. The molecule has 148 valence electrons. The molecule has 7 heteroatoms. The smallest absolute Gasteiger partial charge is 0.157 e. The molecule has 0 unspecified atom stereocenters. The first kappa shape index (κ1) is 19.8. The second-order valence-corrected chi connectivity index (χ2v) is 8.58. The Kier molecular flexibility index (Phi) is 5.69. The van der Waals surface area contributed by atoms with Crippen LogP contribution in [0.4, 0.5) is 4.39 Å². The Morgan fingerprint density at radius 1 is 1.07 bits per heavy atom. The molecule has 2 heterocycles. The summed E-state index contributed by atoms with van der Waals surface area (Å²) in [7, 11) is 0. The third-order valence-electron chi connectivity index (χ3n) is 5.10. The van der Waals surface area contributed by atoms with Gasteiger partial charge in [-0.25, -0.2) is 4.39 Å². The van der Waals surface area contributed by atoms with Crippen LogP contribution in [0.3, 0.4) is 0 Å². The van der Waals surface area contributed by atoms with E-state index in [1.165, 1.54) is 4.70 Å². The van der Waals surface area contributed by atoms with Gasteiger partial charge in [-0.1, -0.05) is 35.9 Å². The van der Waals surface area contributed by atoms with Gasteiger partial charge in [-0.2, -0.15) is 0 Å². The maximum Gasteiger partial charge on any atom is 0.157 e. The van der Waals surface area contributed by atoms with E-state index in [0.29, 0.717) is 17.0 Å². The summed E-state index contributed by atoms with van der Waals surface area (Å²) in [6, 6.07) is 15.4. The highest BCUT2D eigenvalue weighted by atomic mass is 35.5. The SMILES string of the molecule is OC[C@H]1O[C@@H](c2ccc(Cl)cc2Cc2cc3ccccc3s2)[C@H](O)[C@@H](O)[C@H]1F. The van der Waals surface area contributed by atoms with Crippen LogP contribution >= 0.6 is 22.9 Å². The number of aliphatic hydroxyl groups excluding tert-OH is 3. The van der Waals surface area contributed by atoms with Crippen LogP contribution in [0.1, 0.15) is 22.1 Å². The third kappa shape index (κ3) is 3.68. The molecule has 0 bridgehead atoms. The second-order valence-electron chi connectivity index (χ2n) is 6.97. The lowest BCUT2D eigenvalue weighted by Crippen LogP contribution is -2.53. The molecule has 28 heavy (non-hydrogen) atoms. The first-order chi connectivity index (χ1) is 13.5. The van der Waals surface area contributed by atoms with Crippen LogP contribution in [0, 0.1) is 0 Å². The van der Waals surface area contributed by atoms with Gasteiger partial charge in [0, 0.05) is 21.0 Å². The van der Waals surface area contributed by atoms with E-state index in [9.17, 15) is 19.7 Å². The molecule has 0 spiro atoms. The van der Waals surface area contributed by atoms with Crippen molar-refractivity contribution >= 4 is 33.0 Å². The fraction of sp³-hybridized carbons (Fsp3) is 0.333. The number of alkyl halides is 1. The molecule has 2 aromatic carbocycles. The second kappa shape index (κ2) is 8.06. The highest BCUT2D eigenvalue weighted by Crippen LogP contribution is 2.37. The van der Waals surface area contributed by atoms with Gasteiger partial charge in [-0.15, -0.1) is 11.3 Å². The van der Waals surface area contributed by atoms with Crippen LogP contribution in [0.2, 0.25) is 5.02 Å². The van der Waals surface area contributed by atoms with Crippen LogP contribution in [-0.2, 0) is 11.2 Å². The van der Waals surface area contributed by atoms with Crippen LogP contribution in [0.5, 0.6) is 0 Å². The number of aliphatic hydroxyl groups is 3. The molecule has 4 rings (SSSR count). The normalized spacial score (nSPS) is 28.0. The third-order valence-corrected chi connectivity index (χ3v) is 6.45. The van der Waals surface area contributed by atoms with Crippen molar-refractivity contribution in [2.45, 2.75) is 37.0 Å². The maximum absolute atomic E-state index is 14.1. The summed E-state index contributed by atoms with van der Waals surface area (Å²) in [5.41, 5.74) is 1.45. The largest absolute Gasteiger partial charge is 0.394 e. The lowest BCUT2D eigenvalue weighted by atomic mass is 9.89. The average Bonchev–Trinajstić information content (AvgIpc) is 3.09. The Hall–Kier alpha value is -1.54. The molecule has 1 saturated heterocycles. The van der Waals surface area contributed by atoms with Gasteiger partial charge in [0.15, 0.2) is 6.17 Å². The molecule has 1 aliphatic heterocycles. The summed E-state index contributed by atoms with van der Waals surface area (Å²) in [4.78, 5) is 1.11. The number of halogens is 2. The van der Waals surface area contributed by atoms with Crippen LogP contribution < -0.4 is 0 Å². The van der Waals surface area contributed by atoms with Crippen molar-refractivity contribution in [1.29, 1.82) is 0 Å². The standard InChI is InChI=1S/C21H20ClFO4S/c22-13-5-6-15(21-20(26)19(25)18(23)16(10-24)27-21)12(7-13)9-14-8-11-3-1-2-4-17(11)28-14/h1-8,16,18-21,24-26H,9-10H2/t16-,18+,19+,20-,21+/m1/s1. The molecule has 4 nitrogen and oxygen atoms in total. The van der Waals surface area contributed by atoms with Gasteiger partial charge in [0.1, 0.15) is 24.4 Å². The zero-order valence-electron chi connectivity index (χ0n) is 14.8. The Morgan fingerprint density at radius 3 is 2.61 bits per heavy atom. The molecule has 3 aromatic rings. The van der Waals surface area contributed by atoms with Gasteiger partial charge in [0.05, 0.1) is 6.61 Å². The van der Waals surface area contributed by atoms with Crippen molar-refractivity contribution in [2.75, 3.05) is 6.61 Å². The van der Waals surface area contributed by atoms with Crippen molar-refractivity contribution in [3.8, 4) is 0 Å². The Bertz CT molecular complexity index is 943. The minimum absolute atomic E-state index is 0.535. The van der Waals surface area contributed by atoms with Gasteiger partial charge in [-0.05, 0) is 40.8 Å². The van der Waals surface area contributed by atoms with E-state index >= 15 is 0 Å². The Labute approximate surface area is 170 Å². The van der Waals surface area contributed by atoms with Gasteiger partial charge >= 0.3 is 0 Å². The van der Waals surface area contributed by atoms with Crippen molar-refractivity contribution in [1.82, 2.24) is 0 Å². The lowest BCUT2D eigenvalue weighted by molar-refractivity contribution is -0.214. The average molecular weight is 423 g/mol. The molecule has 3 N–H and O–H groups in total. The van der Waals surface area contributed by atoms with Gasteiger partial charge in [0.25, 0.3) is 0 Å².